The second-order valence-electron chi connectivity index (χ2n) is 8.75. The summed E-state index contributed by atoms with van der Waals surface area (Å²) in [6, 6.07) is 15.6. The molecule has 2 atom stereocenters. The van der Waals surface area contributed by atoms with Gasteiger partial charge in [-0.05, 0) is 30.2 Å². The van der Waals surface area contributed by atoms with Crippen molar-refractivity contribution in [2.45, 2.75) is 31.3 Å². The van der Waals surface area contributed by atoms with Gasteiger partial charge in [-0.25, -0.2) is 0 Å². The number of aliphatic carboxylic acids is 1. The molecule has 2 unspecified atom stereocenters. The molecule has 0 radical (unpaired) electrons. The molecule has 3 aliphatic heterocycles. The van der Waals surface area contributed by atoms with Gasteiger partial charge in [-0.2, -0.15) is 0 Å². The molecule has 5 heteroatoms. The van der Waals surface area contributed by atoms with E-state index in [9.17, 15) is 14.7 Å². The molecule has 1 aliphatic carbocycles. The third-order valence-electron chi connectivity index (χ3n) is 6.90. The number of anilines is 1. The van der Waals surface area contributed by atoms with E-state index in [-0.39, 0.29) is 18.3 Å². The van der Waals surface area contributed by atoms with E-state index in [1.54, 1.807) is 6.08 Å². The Bertz CT molecular complexity index is 1270. The zero-order valence-electron chi connectivity index (χ0n) is 17.1. The Kier molecular flexibility index (Phi) is 3.64. The maximum atomic E-state index is 12.6. The Hall–Kier alpha value is -3.60. The third kappa shape index (κ3) is 2.43. The fourth-order valence-electron chi connectivity index (χ4n) is 5.64. The molecule has 0 fully saturated rings. The van der Waals surface area contributed by atoms with Crippen molar-refractivity contribution < 1.29 is 19.4 Å². The van der Waals surface area contributed by atoms with Gasteiger partial charge in [0.15, 0.2) is 5.78 Å². The van der Waals surface area contributed by atoms with Gasteiger partial charge in [0.25, 0.3) is 0 Å². The number of benzene rings is 2. The minimum absolute atomic E-state index is 0.00695. The van der Waals surface area contributed by atoms with Gasteiger partial charge in [0.05, 0.1) is 6.42 Å². The molecule has 2 aromatic rings. The molecular formula is C26H21NO4. The minimum atomic E-state index is -0.826. The topological polar surface area (TPSA) is 66.8 Å². The smallest absolute Gasteiger partial charge is 0.304 e. The molecule has 4 aliphatic rings. The monoisotopic (exact) mass is 411 g/mol. The summed E-state index contributed by atoms with van der Waals surface area (Å²) in [6.45, 7) is 2.77. The van der Waals surface area contributed by atoms with Gasteiger partial charge in [0, 0.05) is 52.6 Å². The fraction of sp³-hybridized carbons (Fsp3) is 0.231. The Labute approximate surface area is 179 Å². The lowest BCUT2D eigenvalue weighted by atomic mass is 9.74. The SMILES string of the molecule is CC1(CC(=O)O)C2=C3C=C4C(=CC(=O)c5ccccc54)OC3CCN2c2ccccc21. The van der Waals surface area contributed by atoms with Gasteiger partial charge in [0.2, 0.25) is 0 Å². The molecule has 5 nitrogen and oxygen atoms in total. The van der Waals surface area contributed by atoms with Crippen molar-refractivity contribution in [1.29, 1.82) is 0 Å². The number of allylic oxidation sites excluding steroid dienone is 3. The van der Waals surface area contributed by atoms with Gasteiger partial charge >= 0.3 is 5.97 Å². The lowest BCUT2D eigenvalue weighted by Crippen LogP contribution is -2.41. The van der Waals surface area contributed by atoms with E-state index in [2.05, 4.69) is 17.0 Å². The lowest BCUT2D eigenvalue weighted by molar-refractivity contribution is -0.138. The number of carbonyl (C=O) groups is 2. The van der Waals surface area contributed by atoms with Crippen molar-refractivity contribution in [3.63, 3.8) is 0 Å². The Morgan fingerprint density at radius 2 is 1.87 bits per heavy atom. The first-order valence-corrected chi connectivity index (χ1v) is 10.5. The average molecular weight is 411 g/mol. The van der Waals surface area contributed by atoms with Crippen LogP contribution >= 0.6 is 0 Å². The highest BCUT2D eigenvalue weighted by molar-refractivity contribution is 6.13. The summed E-state index contributed by atoms with van der Waals surface area (Å²) in [5.74, 6) is -0.254. The first-order chi connectivity index (χ1) is 15.0. The summed E-state index contributed by atoms with van der Waals surface area (Å²) in [7, 11) is 0. The van der Waals surface area contributed by atoms with Crippen LogP contribution in [-0.2, 0) is 14.9 Å². The number of hydrogen-bond donors (Lipinski definition) is 1. The predicted octanol–water partition coefficient (Wildman–Crippen LogP) is 4.46. The maximum Gasteiger partial charge on any atom is 0.304 e. The number of hydrogen-bond acceptors (Lipinski definition) is 4. The molecule has 0 saturated carbocycles. The summed E-state index contributed by atoms with van der Waals surface area (Å²) < 4.78 is 6.37. The van der Waals surface area contributed by atoms with Gasteiger partial charge in [-0.1, -0.05) is 42.5 Å². The molecule has 6 rings (SSSR count). The van der Waals surface area contributed by atoms with Crippen molar-refractivity contribution in [3.8, 4) is 0 Å². The second-order valence-corrected chi connectivity index (χ2v) is 8.75. The first-order valence-electron chi connectivity index (χ1n) is 10.5. The zero-order chi connectivity index (χ0) is 21.3. The molecule has 31 heavy (non-hydrogen) atoms. The van der Waals surface area contributed by atoms with Gasteiger partial charge in [0.1, 0.15) is 11.9 Å². The number of ether oxygens (including phenoxy) is 1. The summed E-state index contributed by atoms with van der Waals surface area (Å²) in [6.07, 6.45) is 4.29. The van der Waals surface area contributed by atoms with Crippen LogP contribution in [-0.4, -0.2) is 29.5 Å². The number of carboxylic acid groups (broad SMARTS) is 1. The van der Waals surface area contributed by atoms with Crippen LogP contribution in [0.15, 0.2) is 77.7 Å². The predicted molar refractivity (Wildman–Crippen MR) is 117 cm³/mol. The molecule has 1 N–H and O–H groups in total. The van der Waals surface area contributed by atoms with Crippen LogP contribution < -0.4 is 4.90 Å². The van der Waals surface area contributed by atoms with Crippen LogP contribution in [0.2, 0.25) is 0 Å². The number of ketones is 1. The second kappa shape index (κ2) is 6.20. The lowest BCUT2D eigenvalue weighted by Gasteiger charge is -2.41. The van der Waals surface area contributed by atoms with E-state index in [0.717, 1.165) is 46.6 Å². The minimum Gasteiger partial charge on any atom is -0.485 e. The number of fused-ring (bicyclic) bond motifs is 7. The zero-order valence-corrected chi connectivity index (χ0v) is 17.1. The van der Waals surface area contributed by atoms with Crippen LogP contribution in [0.4, 0.5) is 5.69 Å². The molecule has 154 valence electrons. The summed E-state index contributed by atoms with van der Waals surface area (Å²) in [5, 5.41) is 9.76. The molecule has 0 amide bonds. The highest BCUT2D eigenvalue weighted by Gasteiger charge is 2.50. The van der Waals surface area contributed by atoms with Gasteiger partial charge in [-0.15, -0.1) is 0 Å². The quantitative estimate of drug-likeness (QED) is 0.790. The third-order valence-corrected chi connectivity index (χ3v) is 6.90. The molecule has 0 saturated heterocycles. The molecule has 3 heterocycles. The van der Waals surface area contributed by atoms with E-state index in [4.69, 9.17) is 4.74 Å². The van der Waals surface area contributed by atoms with E-state index in [0.29, 0.717) is 11.3 Å². The fourth-order valence-corrected chi connectivity index (χ4v) is 5.64. The van der Waals surface area contributed by atoms with Crippen molar-refractivity contribution >= 4 is 23.0 Å². The van der Waals surface area contributed by atoms with E-state index in [1.165, 1.54) is 0 Å². The van der Waals surface area contributed by atoms with Crippen molar-refractivity contribution in [2.24, 2.45) is 0 Å². The molecule has 0 spiro atoms. The highest BCUT2D eigenvalue weighted by atomic mass is 16.5. The standard InChI is InChI=1S/C26H21NO4/c1-26(14-24(29)30)19-8-4-5-9-20(19)27-11-10-22-18(25(26)27)12-17-15-6-2-3-7-16(15)21(28)13-23(17)31-22/h2-9,12-13,22H,10-11,14H2,1H3,(H,29,30). The van der Waals surface area contributed by atoms with Crippen LogP contribution in [0.25, 0.3) is 5.57 Å². The van der Waals surface area contributed by atoms with Crippen molar-refractivity contribution in [1.82, 2.24) is 0 Å². The Morgan fingerprint density at radius 1 is 1.13 bits per heavy atom. The number of carbonyl (C=O) groups excluding carboxylic acids is 1. The van der Waals surface area contributed by atoms with Gasteiger partial charge < -0.3 is 14.7 Å². The number of rotatable bonds is 2. The summed E-state index contributed by atoms with van der Waals surface area (Å²) >= 11 is 0. The highest BCUT2D eigenvalue weighted by Crippen LogP contribution is 2.55. The van der Waals surface area contributed by atoms with E-state index < -0.39 is 11.4 Å². The van der Waals surface area contributed by atoms with Gasteiger partial charge in [-0.3, -0.25) is 9.59 Å². The van der Waals surface area contributed by atoms with E-state index >= 15 is 0 Å². The van der Waals surface area contributed by atoms with E-state index in [1.807, 2.05) is 49.4 Å². The Morgan fingerprint density at radius 3 is 2.68 bits per heavy atom. The molecule has 0 aromatic heterocycles. The largest absolute Gasteiger partial charge is 0.485 e. The van der Waals surface area contributed by atoms with Crippen LogP contribution in [0.1, 0.15) is 41.3 Å². The summed E-state index contributed by atoms with van der Waals surface area (Å²) in [4.78, 5) is 26.7. The number of nitrogens with zero attached hydrogens (tertiary/aromatic N) is 1. The normalized spacial score (nSPS) is 25.4. The average Bonchev–Trinajstić information content (AvgIpc) is 3.01. The molecular weight excluding hydrogens is 390 g/mol. The van der Waals surface area contributed by atoms with Crippen LogP contribution in [0.5, 0.6) is 0 Å². The maximum absolute atomic E-state index is 12.6. The first kappa shape index (κ1) is 18.2. The van der Waals surface area contributed by atoms with Crippen LogP contribution in [0, 0.1) is 0 Å². The number of carboxylic acids is 1. The summed E-state index contributed by atoms with van der Waals surface area (Å²) in [5.41, 5.74) is 5.91. The van der Waals surface area contributed by atoms with Crippen molar-refractivity contribution in [3.05, 3.63) is 94.4 Å². The van der Waals surface area contributed by atoms with Crippen molar-refractivity contribution in [2.75, 3.05) is 11.4 Å². The van der Waals surface area contributed by atoms with Crippen LogP contribution in [0.3, 0.4) is 0 Å². The molecule has 0 bridgehead atoms. The Balaban J connectivity index is 1.62. The molecule has 2 aromatic carbocycles. The number of para-hydroxylation sites is 1.